The third-order valence-corrected chi connectivity index (χ3v) is 6.03. The van der Waals surface area contributed by atoms with Crippen LogP contribution in [-0.4, -0.2) is 16.7 Å². The van der Waals surface area contributed by atoms with Crippen molar-refractivity contribution in [3.8, 4) is 5.75 Å². The smallest absolute Gasteiger partial charge is 0.262 e. The Morgan fingerprint density at radius 1 is 1.03 bits per heavy atom. The predicted molar refractivity (Wildman–Crippen MR) is 119 cm³/mol. The molecule has 0 atom stereocenters. The van der Waals surface area contributed by atoms with Crippen molar-refractivity contribution in [3.05, 3.63) is 99.3 Å². The van der Waals surface area contributed by atoms with Gasteiger partial charge in [-0.25, -0.2) is 4.98 Å². The number of thioether (sulfide) groups is 1. The molecule has 4 aromatic rings. The molecule has 146 valence electrons. The molecule has 0 aliphatic heterocycles. The van der Waals surface area contributed by atoms with Crippen molar-refractivity contribution in [1.82, 2.24) is 9.55 Å². The number of hydrogen-bond donors (Lipinski definition) is 0. The van der Waals surface area contributed by atoms with Crippen LogP contribution in [0.1, 0.15) is 11.1 Å². The molecule has 0 N–H and O–H groups in total. The molecule has 4 nitrogen and oxygen atoms in total. The summed E-state index contributed by atoms with van der Waals surface area (Å²) < 4.78 is 7.01. The summed E-state index contributed by atoms with van der Waals surface area (Å²) in [6.07, 6.45) is 0. The number of halogens is 1. The Morgan fingerprint density at radius 3 is 2.66 bits per heavy atom. The predicted octanol–water partition coefficient (Wildman–Crippen LogP) is 5.40. The maximum absolute atomic E-state index is 13.2. The third-order valence-electron chi connectivity index (χ3n) is 4.61. The Morgan fingerprint density at radius 2 is 1.83 bits per heavy atom. The van der Waals surface area contributed by atoms with E-state index in [-0.39, 0.29) is 5.56 Å². The van der Waals surface area contributed by atoms with E-state index in [2.05, 4.69) is 0 Å². The summed E-state index contributed by atoms with van der Waals surface area (Å²) >= 11 is 7.87. The van der Waals surface area contributed by atoms with E-state index >= 15 is 0 Å². The molecule has 0 spiro atoms. The van der Waals surface area contributed by atoms with Gasteiger partial charge in [0, 0.05) is 10.8 Å². The first-order valence-electron chi connectivity index (χ1n) is 9.14. The van der Waals surface area contributed by atoms with Gasteiger partial charge in [0.05, 0.1) is 24.6 Å². The van der Waals surface area contributed by atoms with Crippen LogP contribution < -0.4 is 10.3 Å². The first kappa shape index (κ1) is 19.6. The maximum atomic E-state index is 13.2. The lowest BCUT2D eigenvalue weighted by molar-refractivity contribution is 0.414. The molecular weight excluding hydrogens is 404 g/mol. The van der Waals surface area contributed by atoms with Crippen molar-refractivity contribution in [2.24, 2.45) is 0 Å². The van der Waals surface area contributed by atoms with E-state index < -0.39 is 0 Å². The van der Waals surface area contributed by atoms with Crippen LogP contribution in [0, 0.1) is 0 Å². The largest absolute Gasteiger partial charge is 0.497 e. The minimum atomic E-state index is -0.0661. The van der Waals surface area contributed by atoms with E-state index in [9.17, 15) is 4.79 Å². The van der Waals surface area contributed by atoms with Gasteiger partial charge in [-0.1, -0.05) is 65.8 Å². The van der Waals surface area contributed by atoms with Gasteiger partial charge in [0.15, 0.2) is 5.16 Å². The number of methoxy groups -OCH3 is 1. The first-order chi connectivity index (χ1) is 14.2. The quantitative estimate of drug-likeness (QED) is 0.308. The Balaban J connectivity index is 1.74. The average Bonchev–Trinajstić information content (AvgIpc) is 2.76. The van der Waals surface area contributed by atoms with Crippen LogP contribution in [0.5, 0.6) is 5.75 Å². The van der Waals surface area contributed by atoms with Gasteiger partial charge < -0.3 is 4.74 Å². The van der Waals surface area contributed by atoms with Crippen LogP contribution in [0.3, 0.4) is 0 Å². The molecule has 0 saturated carbocycles. The zero-order valence-corrected chi connectivity index (χ0v) is 17.4. The normalized spacial score (nSPS) is 11.0. The number of ether oxygens (including phenoxy) is 1. The molecule has 29 heavy (non-hydrogen) atoms. The van der Waals surface area contributed by atoms with Crippen molar-refractivity contribution in [1.29, 1.82) is 0 Å². The van der Waals surface area contributed by atoms with Crippen molar-refractivity contribution in [2.45, 2.75) is 17.5 Å². The molecule has 0 aliphatic rings. The highest BCUT2D eigenvalue weighted by Crippen LogP contribution is 2.25. The zero-order valence-electron chi connectivity index (χ0n) is 15.8. The molecule has 4 rings (SSSR count). The van der Waals surface area contributed by atoms with Crippen molar-refractivity contribution in [2.75, 3.05) is 7.11 Å². The molecule has 6 heteroatoms. The van der Waals surface area contributed by atoms with Gasteiger partial charge in [0.25, 0.3) is 5.56 Å². The molecule has 0 aliphatic carbocycles. The van der Waals surface area contributed by atoms with Gasteiger partial charge in [-0.05, 0) is 41.5 Å². The third kappa shape index (κ3) is 4.31. The molecule has 1 heterocycles. The molecule has 0 bridgehead atoms. The number of benzene rings is 3. The average molecular weight is 423 g/mol. The minimum absolute atomic E-state index is 0.0661. The van der Waals surface area contributed by atoms with Crippen LogP contribution in [0.25, 0.3) is 10.9 Å². The minimum Gasteiger partial charge on any atom is -0.497 e. The van der Waals surface area contributed by atoms with E-state index in [1.54, 1.807) is 11.7 Å². The molecule has 0 amide bonds. The standard InChI is InChI=1S/C23H19ClN2O2S/c1-28-18-9-6-7-16(13-18)15-29-23-25-21-12-5-3-10-19(21)22(27)26(23)14-17-8-2-4-11-20(17)24/h2-13H,14-15H2,1H3. The summed E-state index contributed by atoms with van der Waals surface area (Å²) in [6, 6.07) is 22.9. The van der Waals surface area contributed by atoms with Crippen LogP contribution in [-0.2, 0) is 12.3 Å². The SMILES string of the molecule is COc1cccc(CSc2nc3ccccc3c(=O)n2Cc2ccccc2Cl)c1. The van der Waals surface area contributed by atoms with Crippen molar-refractivity contribution >= 4 is 34.3 Å². The molecule has 0 saturated heterocycles. The number of hydrogen-bond acceptors (Lipinski definition) is 4. The molecule has 0 unspecified atom stereocenters. The van der Waals surface area contributed by atoms with E-state index in [0.29, 0.717) is 33.4 Å². The van der Waals surface area contributed by atoms with Crippen LogP contribution in [0.2, 0.25) is 5.02 Å². The summed E-state index contributed by atoms with van der Waals surface area (Å²) in [5, 5.41) is 1.90. The van der Waals surface area contributed by atoms with Gasteiger partial charge in [-0.3, -0.25) is 9.36 Å². The van der Waals surface area contributed by atoms with Crippen LogP contribution in [0.4, 0.5) is 0 Å². The lowest BCUT2D eigenvalue weighted by Crippen LogP contribution is -2.24. The lowest BCUT2D eigenvalue weighted by Gasteiger charge is -2.14. The van der Waals surface area contributed by atoms with Gasteiger partial charge in [-0.15, -0.1) is 0 Å². The van der Waals surface area contributed by atoms with E-state index in [1.807, 2.05) is 72.8 Å². The summed E-state index contributed by atoms with van der Waals surface area (Å²) in [7, 11) is 1.65. The Labute approximate surface area is 178 Å². The highest BCUT2D eigenvalue weighted by atomic mass is 35.5. The maximum Gasteiger partial charge on any atom is 0.262 e. The van der Waals surface area contributed by atoms with Gasteiger partial charge in [0.2, 0.25) is 0 Å². The number of para-hydroxylation sites is 1. The fourth-order valence-electron chi connectivity index (χ4n) is 3.10. The fraction of sp³-hybridized carbons (Fsp3) is 0.130. The van der Waals surface area contributed by atoms with Crippen LogP contribution >= 0.6 is 23.4 Å². The molecule has 1 aromatic heterocycles. The number of nitrogens with zero attached hydrogens (tertiary/aromatic N) is 2. The number of aromatic nitrogens is 2. The Hall–Kier alpha value is -2.76. The Kier molecular flexibility index (Phi) is 5.88. The lowest BCUT2D eigenvalue weighted by atomic mass is 10.2. The number of fused-ring (bicyclic) bond motifs is 1. The van der Waals surface area contributed by atoms with Crippen LogP contribution in [0.15, 0.2) is 82.7 Å². The highest BCUT2D eigenvalue weighted by Gasteiger charge is 2.13. The topological polar surface area (TPSA) is 44.1 Å². The summed E-state index contributed by atoms with van der Waals surface area (Å²) in [5.74, 6) is 1.48. The first-order valence-corrected chi connectivity index (χ1v) is 10.5. The van der Waals surface area contributed by atoms with Gasteiger partial charge >= 0.3 is 0 Å². The highest BCUT2D eigenvalue weighted by molar-refractivity contribution is 7.98. The van der Waals surface area contributed by atoms with E-state index in [1.165, 1.54) is 11.8 Å². The second-order valence-electron chi connectivity index (χ2n) is 6.53. The fourth-order valence-corrected chi connectivity index (χ4v) is 4.24. The molecule has 3 aromatic carbocycles. The van der Waals surface area contributed by atoms with E-state index in [0.717, 1.165) is 16.9 Å². The molecular formula is C23H19ClN2O2S. The van der Waals surface area contributed by atoms with Crippen molar-refractivity contribution < 1.29 is 4.74 Å². The van der Waals surface area contributed by atoms with Crippen molar-refractivity contribution in [3.63, 3.8) is 0 Å². The molecule has 0 fully saturated rings. The van der Waals surface area contributed by atoms with Gasteiger partial charge in [0.1, 0.15) is 5.75 Å². The van der Waals surface area contributed by atoms with E-state index in [4.69, 9.17) is 21.3 Å². The summed E-state index contributed by atoms with van der Waals surface area (Å²) in [6.45, 7) is 0.372. The number of rotatable bonds is 6. The second kappa shape index (κ2) is 8.72. The summed E-state index contributed by atoms with van der Waals surface area (Å²) in [5.41, 5.74) is 2.61. The zero-order chi connectivity index (χ0) is 20.2. The second-order valence-corrected chi connectivity index (χ2v) is 7.88. The molecule has 0 radical (unpaired) electrons. The summed E-state index contributed by atoms with van der Waals surface area (Å²) in [4.78, 5) is 18.0. The Bertz CT molecular complexity index is 1220. The van der Waals surface area contributed by atoms with Gasteiger partial charge in [-0.2, -0.15) is 0 Å². The monoisotopic (exact) mass is 422 g/mol.